The summed E-state index contributed by atoms with van der Waals surface area (Å²) in [6.07, 6.45) is 0. The third-order valence-electron chi connectivity index (χ3n) is 2.98. The highest BCUT2D eigenvalue weighted by Crippen LogP contribution is 2.15. The van der Waals surface area contributed by atoms with Crippen molar-refractivity contribution in [3.05, 3.63) is 65.2 Å². The summed E-state index contributed by atoms with van der Waals surface area (Å²) in [6, 6.07) is 16.6. The summed E-state index contributed by atoms with van der Waals surface area (Å²) in [5.74, 6) is 0.993. The second-order valence-electron chi connectivity index (χ2n) is 4.71. The Morgan fingerprint density at radius 3 is 2.64 bits per heavy atom. The first-order valence-corrected chi connectivity index (χ1v) is 7.93. The molecule has 1 amide bonds. The Morgan fingerprint density at radius 1 is 1.18 bits per heavy atom. The van der Waals surface area contributed by atoms with E-state index in [4.69, 9.17) is 10.4 Å². The second kappa shape index (κ2) is 8.23. The number of nitrogens with zero attached hydrogens (tertiary/aromatic N) is 1. The Morgan fingerprint density at radius 2 is 1.95 bits per heavy atom. The Balaban J connectivity index is 1.78. The number of anilines is 1. The van der Waals surface area contributed by atoms with Crippen LogP contribution < -0.4 is 5.32 Å². The zero-order chi connectivity index (χ0) is 15.8. The first kappa shape index (κ1) is 16.1. The molecule has 0 saturated carbocycles. The van der Waals surface area contributed by atoms with Gasteiger partial charge in [0.05, 0.1) is 24.0 Å². The van der Waals surface area contributed by atoms with Gasteiger partial charge in [0.15, 0.2) is 0 Å². The predicted octanol–water partition coefficient (Wildman–Crippen LogP) is 2.92. The van der Waals surface area contributed by atoms with E-state index in [0.29, 0.717) is 17.0 Å². The molecule has 2 rings (SSSR count). The number of rotatable bonds is 6. The van der Waals surface area contributed by atoms with Crippen LogP contribution in [0.15, 0.2) is 48.5 Å². The van der Waals surface area contributed by atoms with Gasteiger partial charge in [-0.3, -0.25) is 4.79 Å². The van der Waals surface area contributed by atoms with E-state index in [2.05, 4.69) is 11.4 Å². The van der Waals surface area contributed by atoms with E-state index in [1.54, 1.807) is 36.4 Å². The normalized spacial score (nSPS) is 10.0. The maximum atomic E-state index is 11.9. The Labute approximate surface area is 133 Å². The van der Waals surface area contributed by atoms with E-state index in [9.17, 15) is 4.79 Å². The molecular weight excluding hydrogens is 296 g/mol. The van der Waals surface area contributed by atoms with Crippen molar-refractivity contribution in [1.29, 1.82) is 5.26 Å². The average molecular weight is 312 g/mol. The Kier molecular flexibility index (Phi) is 6.01. The molecule has 0 radical (unpaired) electrons. The van der Waals surface area contributed by atoms with Gasteiger partial charge in [-0.05, 0) is 35.4 Å². The fourth-order valence-electron chi connectivity index (χ4n) is 1.88. The van der Waals surface area contributed by atoms with E-state index in [1.165, 1.54) is 11.8 Å². The average Bonchev–Trinajstić information content (AvgIpc) is 2.55. The molecule has 0 heterocycles. The minimum Gasteiger partial charge on any atom is -0.392 e. The van der Waals surface area contributed by atoms with Crippen molar-refractivity contribution in [2.45, 2.75) is 12.4 Å². The lowest BCUT2D eigenvalue weighted by molar-refractivity contribution is -0.113. The highest BCUT2D eigenvalue weighted by Gasteiger charge is 2.04. The van der Waals surface area contributed by atoms with Gasteiger partial charge in [0.2, 0.25) is 5.91 Å². The first-order valence-electron chi connectivity index (χ1n) is 6.77. The number of nitriles is 1. The molecule has 0 fully saturated rings. The molecule has 0 aliphatic heterocycles. The van der Waals surface area contributed by atoms with Gasteiger partial charge >= 0.3 is 0 Å². The van der Waals surface area contributed by atoms with Gasteiger partial charge in [0.1, 0.15) is 0 Å². The van der Waals surface area contributed by atoms with Crippen molar-refractivity contribution in [2.24, 2.45) is 0 Å². The topological polar surface area (TPSA) is 73.1 Å². The lowest BCUT2D eigenvalue weighted by Crippen LogP contribution is -2.14. The van der Waals surface area contributed by atoms with Crippen LogP contribution >= 0.6 is 11.8 Å². The Hall–Kier alpha value is -2.29. The summed E-state index contributed by atoms with van der Waals surface area (Å²) in [7, 11) is 0. The molecule has 4 nitrogen and oxygen atoms in total. The Bertz CT molecular complexity index is 678. The van der Waals surface area contributed by atoms with Gasteiger partial charge in [-0.1, -0.05) is 24.3 Å². The first-order chi connectivity index (χ1) is 10.7. The van der Waals surface area contributed by atoms with Gasteiger partial charge in [0.25, 0.3) is 0 Å². The molecule has 2 aromatic rings. The monoisotopic (exact) mass is 312 g/mol. The maximum Gasteiger partial charge on any atom is 0.234 e. The lowest BCUT2D eigenvalue weighted by Gasteiger charge is -2.06. The standard InChI is InChI=1S/C17H16N2O2S/c18-9-13-4-6-14(7-5-13)11-22-12-17(21)19-16-3-1-2-15(8-16)10-20/h1-8,20H,10-12H2,(H,19,21). The molecule has 2 aromatic carbocycles. The lowest BCUT2D eigenvalue weighted by atomic mass is 10.2. The zero-order valence-corrected chi connectivity index (χ0v) is 12.8. The second-order valence-corrected chi connectivity index (χ2v) is 5.69. The van der Waals surface area contributed by atoms with Gasteiger partial charge < -0.3 is 10.4 Å². The molecule has 22 heavy (non-hydrogen) atoms. The summed E-state index contributed by atoms with van der Waals surface area (Å²) >= 11 is 1.51. The number of carbonyl (C=O) groups is 1. The van der Waals surface area contributed by atoms with Crippen LogP contribution in [0.4, 0.5) is 5.69 Å². The maximum absolute atomic E-state index is 11.9. The molecule has 5 heteroatoms. The predicted molar refractivity (Wildman–Crippen MR) is 88.3 cm³/mol. The molecule has 112 valence electrons. The van der Waals surface area contributed by atoms with E-state index in [1.807, 2.05) is 12.1 Å². The third kappa shape index (κ3) is 4.92. The molecule has 0 aliphatic carbocycles. The van der Waals surface area contributed by atoms with Crippen LogP contribution in [0.3, 0.4) is 0 Å². The van der Waals surface area contributed by atoms with Gasteiger partial charge in [-0.15, -0.1) is 11.8 Å². The van der Waals surface area contributed by atoms with Crippen molar-refractivity contribution in [2.75, 3.05) is 11.1 Å². The largest absolute Gasteiger partial charge is 0.392 e. The van der Waals surface area contributed by atoms with Gasteiger partial charge in [-0.2, -0.15) is 5.26 Å². The van der Waals surface area contributed by atoms with Crippen LogP contribution in [-0.4, -0.2) is 16.8 Å². The number of aliphatic hydroxyl groups excluding tert-OH is 1. The number of hydrogen-bond donors (Lipinski definition) is 2. The highest BCUT2D eigenvalue weighted by atomic mass is 32.2. The number of carbonyl (C=O) groups excluding carboxylic acids is 1. The smallest absolute Gasteiger partial charge is 0.234 e. The molecule has 0 spiro atoms. The molecule has 0 unspecified atom stereocenters. The molecule has 0 saturated heterocycles. The minimum absolute atomic E-state index is 0.0445. The number of hydrogen-bond acceptors (Lipinski definition) is 4. The van der Waals surface area contributed by atoms with Crippen LogP contribution in [0.1, 0.15) is 16.7 Å². The van der Waals surface area contributed by atoms with Gasteiger partial charge in [-0.25, -0.2) is 0 Å². The summed E-state index contributed by atoms with van der Waals surface area (Å²) in [5.41, 5.74) is 3.17. The summed E-state index contributed by atoms with van der Waals surface area (Å²) in [5, 5.41) is 20.6. The number of amides is 1. The van der Waals surface area contributed by atoms with Crippen LogP contribution in [0, 0.1) is 11.3 Å². The minimum atomic E-state index is -0.0752. The molecule has 0 atom stereocenters. The van der Waals surface area contributed by atoms with Crippen molar-refractivity contribution >= 4 is 23.4 Å². The third-order valence-corrected chi connectivity index (χ3v) is 3.98. The van der Waals surface area contributed by atoms with E-state index < -0.39 is 0 Å². The summed E-state index contributed by atoms with van der Waals surface area (Å²) in [4.78, 5) is 11.9. The van der Waals surface area contributed by atoms with E-state index in [0.717, 1.165) is 16.9 Å². The van der Waals surface area contributed by atoms with E-state index in [-0.39, 0.29) is 12.5 Å². The van der Waals surface area contributed by atoms with Crippen molar-refractivity contribution < 1.29 is 9.90 Å². The van der Waals surface area contributed by atoms with Crippen LogP contribution in [0.25, 0.3) is 0 Å². The highest BCUT2D eigenvalue weighted by molar-refractivity contribution is 7.99. The molecule has 0 aliphatic rings. The van der Waals surface area contributed by atoms with Crippen LogP contribution in [0.2, 0.25) is 0 Å². The summed E-state index contributed by atoms with van der Waals surface area (Å²) < 4.78 is 0. The fourth-order valence-corrected chi connectivity index (χ4v) is 2.67. The number of thioether (sulfide) groups is 1. The van der Waals surface area contributed by atoms with E-state index >= 15 is 0 Å². The quantitative estimate of drug-likeness (QED) is 0.860. The van der Waals surface area contributed by atoms with Crippen LogP contribution in [0.5, 0.6) is 0 Å². The fraction of sp³-hybridized carbons (Fsp3) is 0.176. The van der Waals surface area contributed by atoms with Gasteiger partial charge in [0, 0.05) is 11.4 Å². The molecular formula is C17H16N2O2S. The number of aliphatic hydroxyl groups is 1. The molecule has 0 aromatic heterocycles. The number of nitrogens with one attached hydrogen (secondary N) is 1. The zero-order valence-electron chi connectivity index (χ0n) is 12.0. The van der Waals surface area contributed by atoms with Crippen molar-refractivity contribution in [1.82, 2.24) is 0 Å². The van der Waals surface area contributed by atoms with Crippen molar-refractivity contribution in [3.8, 4) is 6.07 Å². The number of benzene rings is 2. The van der Waals surface area contributed by atoms with Crippen LogP contribution in [-0.2, 0) is 17.2 Å². The van der Waals surface area contributed by atoms with Crippen molar-refractivity contribution in [3.63, 3.8) is 0 Å². The molecule has 2 N–H and O–H groups in total. The molecule has 0 bridgehead atoms. The summed E-state index contributed by atoms with van der Waals surface area (Å²) in [6.45, 7) is -0.0445. The SMILES string of the molecule is N#Cc1ccc(CSCC(=O)Nc2cccc(CO)c2)cc1.